The van der Waals surface area contributed by atoms with E-state index < -0.39 is 0 Å². The van der Waals surface area contributed by atoms with Crippen LogP contribution in [-0.4, -0.2) is 23.1 Å². The summed E-state index contributed by atoms with van der Waals surface area (Å²) in [6.45, 7) is 9.26. The van der Waals surface area contributed by atoms with Crippen LogP contribution in [-0.2, 0) is 0 Å². The van der Waals surface area contributed by atoms with Crippen molar-refractivity contribution in [3.8, 4) is 0 Å². The summed E-state index contributed by atoms with van der Waals surface area (Å²) < 4.78 is 0. The molecule has 2 fully saturated rings. The molecule has 2 saturated carbocycles. The van der Waals surface area contributed by atoms with Crippen LogP contribution >= 0.6 is 0 Å². The third-order valence-corrected chi connectivity index (χ3v) is 5.38. The zero-order chi connectivity index (χ0) is 12.9. The monoisotopic (exact) mass is 249 g/mol. The predicted molar refractivity (Wildman–Crippen MR) is 73.2 cm³/mol. The Morgan fingerprint density at radius 3 is 2.22 bits per heavy atom. The summed E-state index contributed by atoms with van der Waals surface area (Å²) in [7, 11) is 0. The van der Waals surface area contributed by atoms with E-state index in [2.05, 4.69) is 43.0 Å². The van der Waals surface area contributed by atoms with Gasteiger partial charge in [0.15, 0.2) is 0 Å². The van der Waals surface area contributed by atoms with E-state index in [9.17, 15) is 0 Å². The molecule has 102 valence electrons. The molecule has 0 aromatic heterocycles. The first-order valence-electron chi connectivity index (χ1n) is 7.78. The molecule has 1 heterocycles. The largest absolute Gasteiger partial charge is 0.271 e. The maximum absolute atomic E-state index is 4.54. The van der Waals surface area contributed by atoms with E-state index in [0.717, 1.165) is 23.7 Å². The van der Waals surface area contributed by atoms with Crippen LogP contribution in [0.3, 0.4) is 0 Å². The molecule has 18 heavy (non-hydrogen) atoms. The molecular weight excluding hydrogens is 222 g/mol. The molecule has 3 heteroatoms. The van der Waals surface area contributed by atoms with Gasteiger partial charge in [-0.3, -0.25) is 5.01 Å². The van der Waals surface area contributed by atoms with Gasteiger partial charge in [0.25, 0.3) is 0 Å². The molecule has 0 saturated heterocycles. The normalized spacial score (nSPS) is 42.8. The van der Waals surface area contributed by atoms with Crippen molar-refractivity contribution in [1.82, 2.24) is 5.01 Å². The van der Waals surface area contributed by atoms with E-state index >= 15 is 0 Å². The fraction of sp³-hybridized carbons (Fsp3) is 1.00. The van der Waals surface area contributed by atoms with Gasteiger partial charge < -0.3 is 0 Å². The van der Waals surface area contributed by atoms with Gasteiger partial charge in [-0.15, -0.1) is 0 Å². The van der Waals surface area contributed by atoms with Gasteiger partial charge in [-0.25, -0.2) is 0 Å². The Labute approximate surface area is 111 Å². The Hall–Kier alpha value is -0.600. The molecular formula is C15H27N3. The molecule has 2 aliphatic carbocycles. The Bertz CT molecular complexity index is 337. The summed E-state index contributed by atoms with van der Waals surface area (Å²) in [5.74, 6) is 3.91. The topological polar surface area (TPSA) is 28.0 Å². The average molecular weight is 249 g/mol. The predicted octanol–water partition coefficient (Wildman–Crippen LogP) is 3.91. The summed E-state index contributed by atoms with van der Waals surface area (Å²) in [5.41, 5.74) is 0. The van der Waals surface area contributed by atoms with Crippen LogP contribution in [0, 0.1) is 23.7 Å². The molecule has 3 rings (SSSR count). The van der Waals surface area contributed by atoms with Gasteiger partial charge in [0.2, 0.25) is 0 Å². The Balaban J connectivity index is 1.67. The van der Waals surface area contributed by atoms with Crippen molar-refractivity contribution in [2.75, 3.05) is 0 Å². The smallest absolute Gasteiger partial charge is 0.0949 e. The summed E-state index contributed by atoms with van der Waals surface area (Å²) >= 11 is 0. The van der Waals surface area contributed by atoms with Crippen molar-refractivity contribution in [2.24, 2.45) is 34.0 Å². The fourth-order valence-electron chi connectivity index (χ4n) is 4.51. The highest BCUT2D eigenvalue weighted by Gasteiger charge is 2.52. The molecule has 0 spiro atoms. The minimum absolute atomic E-state index is 0.488. The molecule has 5 atom stereocenters. The van der Waals surface area contributed by atoms with Crippen molar-refractivity contribution in [3.05, 3.63) is 0 Å². The minimum atomic E-state index is 0.488. The van der Waals surface area contributed by atoms with Crippen LogP contribution in [0.5, 0.6) is 0 Å². The molecule has 3 nitrogen and oxygen atoms in total. The quantitative estimate of drug-likeness (QED) is 0.729. The van der Waals surface area contributed by atoms with Crippen molar-refractivity contribution in [2.45, 2.75) is 71.5 Å². The number of hydrogen-bond donors (Lipinski definition) is 0. The summed E-state index contributed by atoms with van der Waals surface area (Å²) in [6.07, 6.45) is 5.37. The van der Waals surface area contributed by atoms with Crippen molar-refractivity contribution >= 4 is 0 Å². The van der Waals surface area contributed by atoms with E-state index in [1.165, 1.54) is 25.7 Å². The second kappa shape index (κ2) is 4.50. The van der Waals surface area contributed by atoms with Crippen LogP contribution < -0.4 is 0 Å². The maximum atomic E-state index is 4.54. The minimum Gasteiger partial charge on any atom is -0.271 e. The van der Waals surface area contributed by atoms with Gasteiger partial charge in [-0.1, -0.05) is 19.1 Å². The van der Waals surface area contributed by atoms with Crippen LogP contribution in [0.2, 0.25) is 0 Å². The van der Waals surface area contributed by atoms with Gasteiger partial charge in [0.05, 0.1) is 12.1 Å². The fourth-order valence-corrected chi connectivity index (χ4v) is 4.51. The van der Waals surface area contributed by atoms with Crippen LogP contribution in [0.4, 0.5) is 0 Å². The third kappa shape index (κ3) is 1.96. The molecule has 5 unspecified atom stereocenters. The lowest BCUT2D eigenvalue weighted by Crippen LogP contribution is -2.39. The van der Waals surface area contributed by atoms with Gasteiger partial charge in [0.1, 0.15) is 0 Å². The van der Waals surface area contributed by atoms with Crippen LogP contribution in [0.1, 0.15) is 53.4 Å². The lowest BCUT2D eigenvalue weighted by Gasteiger charge is -2.29. The second-order valence-corrected chi connectivity index (χ2v) is 7.12. The molecule has 0 radical (unpaired) electrons. The van der Waals surface area contributed by atoms with Crippen molar-refractivity contribution in [3.63, 3.8) is 0 Å². The number of fused-ring (bicyclic) bond motifs is 2. The Morgan fingerprint density at radius 1 is 0.944 bits per heavy atom. The second-order valence-electron chi connectivity index (χ2n) is 7.12. The summed E-state index contributed by atoms with van der Waals surface area (Å²) in [5, 5.41) is 11.2. The first-order chi connectivity index (χ1) is 8.59. The van der Waals surface area contributed by atoms with E-state index in [4.69, 9.17) is 0 Å². The van der Waals surface area contributed by atoms with Crippen LogP contribution in [0.15, 0.2) is 10.3 Å². The van der Waals surface area contributed by atoms with E-state index in [1.54, 1.807) is 0 Å². The van der Waals surface area contributed by atoms with Crippen molar-refractivity contribution < 1.29 is 0 Å². The summed E-state index contributed by atoms with van der Waals surface area (Å²) in [4.78, 5) is 0. The molecule has 0 N–H and O–H groups in total. The molecule has 1 aliphatic heterocycles. The Kier molecular flexibility index (Phi) is 3.11. The van der Waals surface area contributed by atoms with Crippen molar-refractivity contribution in [1.29, 1.82) is 0 Å². The third-order valence-electron chi connectivity index (χ3n) is 5.38. The lowest BCUT2D eigenvalue weighted by molar-refractivity contribution is 0.154. The highest BCUT2D eigenvalue weighted by molar-refractivity contribution is 5.02. The first kappa shape index (κ1) is 12.4. The maximum Gasteiger partial charge on any atom is 0.0949 e. The van der Waals surface area contributed by atoms with Gasteiger partial charge in [-0.2, -0.15) is 5.11 Å². The number of rotatable bonds is 2. The summed E-state index contributed by atoms with van der Waals surface area (Å²) in [6, 6.07) is 1.58. The van der Waals surface area contributed by atoms with E-state index in [1.807, 2.05) is 0 Å². The standard InChI is InChI=1S/C15H27N3/c1-9(2)15-11-5-7-13-14(8-6-12(11)15)18(10(3)4)17-16-13/h9-15H,5-8H2,1-4H3. The molecule has 0 aromatic carbocycles. The van der Waals surface area contributed by atoms with Crippen LogP contribution in [0.25, 0.3) is 0 Å². The molecule has 3 aliphatic rings. The molecule has 0 amide bonds. The average Bonchev–Trinajstić information content (AvgIpc) is 2.81. The molecule has 0 bridgehead atoms. The van der Waals surface area contributed by atoms with Gasteiger partial charge in [0, 0.05) is 6.04 Å². The number of nitrogens with zero attached hydrogens (tertiary/aromatic N) is 3. The number of hydrogen-bond acceptors (Lipinski definition) is 3. The Morgan fingerprint density at radius 2 is 1.61 bits per heavy atom. The zero-order valence-corrected chi connectivity index (χ0v) is 12.2. The highest BCUT2D eigenvalue weighted by atomic mass is 15.6. The van der Waals surface area contributed by atoms with Gasteiger partial charge >= 0.3 is 0 Å². The van der Waals surface area contributed by atoms with E-state index in [0.29, 0.717) is 18.1 Å². The highest BCUT2D eigenvalue weighted by Crippen LogP contribution is 2.57. The van der Waals surface area contributed by atoms with E-state index in [-0.39, 0.29) is 0 Å². The van der Waals surface area contributed by atoms with Gasteiger partial charge in [-0.05, 0) is 63.2 Å². The SMILES string of the molecule is CC(C)C1C2CCC3N=NN(C(C)C)C3CCC21. The lowest BCUT2D eigenvalue weighted by atomic mass is 9.92. The first-order valence-corrected chi connectivity index (χ1v) is 7.78. The molecule has 0 aromatic rings. The zero-order valence-electron chi connectivity index (χ0n) is 12.2.